The monoisotopic (exact) mass is 630 g/mol. The smallest absolute Gasteiger partial charge is 0.412 e. The predicted molar refractivity (Wildman–Crippen MR) is 169 cm³/mol. The Balaban J connectivity index is 1.34. The van der Waals surface area contributed by atoms with Gasteiger partial charge in [0.1, 0.15) is 0 Å². The zero-order valence-electron chi connectivity index (χ0n) is 25.1. The number of nitrogens with zero attached hydrogens (tertiary/aromatic N) is 2. The standard InChI is InChI=1S/C34H35ClN4O6/c1-44-31(41)17-21-8-10-24-22-12-14-36-28(18-22)25(6-3-2-4-7-30(40)37-29(24)16-21)32(42)39-15-5-13-34(20-39)26-19-23(35)9-11-27(26)38-33(43)45-34/h8-12,14,16,18-19,25H,2-7,13,15,17,20H2,1H3,(H,37,40)(H,38,43)/t25?,34-/m0/s1. The van der Waals surface area contributed by atoms with E-state index in [-0.39, 0.29) is 30.7 Å². The second kappa shape index (κ2) is 12.9. The van der Waals surface area contributed by atoms with Crippen LogP contribution in [0.3, 0.4) is 0 Å². The van der Waals surface area contributed by atoms with Gasteiger partial charge >= 0.3 is 12.1 Å². The lowest BCUT2D eigenvalue weighted by Crippen LogP contribution is -2.54. The Morgan fingerprint density at radius 1 is 1.04 bits per heavy atom. The van der Waals surface area contributed by atoms with Gasteiger partial charge in [-0.15, -0.1) is 0 Å². The third-order valence-corrected chi connectivity index (χ3v) is 9.08. The SMILES string of the molecule is COC(=O)Cc1ccc2c(c1)NC(=O)CCCCCC(C(=O)N1CCC[C@@]3(C1)OC(=O)Nc1ccc(Cl)cc13)c1cc-2ccn1. The molecule has 3 aromatic rings. The van der Waals surface area contributed by atoms with E-state index in [0.717, 1.165) is 29.5 Å². The first-order valence-electron chi connectivity index (χ1n) is 15.3. The van der Waals surface area contributed by atoms with E-state index in [1.807, 2.05) is 24.3 Å². The summed E-state index contributed by atoms with van der Waals surface area (Å²) in [5, 5.41) is 6.31. The molecule has 45 heavy (non-hydrogen) atoms. The number of esters is 1. The van der Waals surface area contributed by atoms with Crippen LogP contribution < -0.4 is 10.6 Å². The minimum absolute atomic E-state index is 0.0744. The highest BCUT2D eigenvalue weighted by atomic mass is 35.5. The molecule has 2 atom stereocenters. The molecule has 0 aliphatic carbocycles. The highest BCUT2D eigenvalue weighted by Crippen LogP contribution is 2.44. The van der Waals surface area contributed by atoms with Gasteiger partial charge in [0.25, 0.3) is 0 Å². The molecule has 4 heterocycles. The molecule has 1 unspecified atom stereocenters. The molecule has 234 valence electrons. The molecule has 10 nitrogen and oxygen atoms in total. The van der Waals surface area contributed by atoms with Crippen molar-refractivity contribution in [3.8, 4) is 11.1 Å². The summed E-state index contributed by atoms with van der Waals surface area (Å²) in [4.78, 5) is 58.3. The van der Waals surface area contributed by atoms with Crippen molar-refractivity contribution >= 4 is 46.9 Å². The van der Waals surface area contributed by atoms with Crippen LogP contribution in [0.15, 0.2) is 54.7 Å². The fourth-order valence-electron chi connectivity index (χ4n) is 6.63. The zero-order valence-corrected chi connectivity index (χ0v) is 25.8. The Morgan fingerprint density at radius 3 is 2.76 bits per heavy atom. The molecular formula is C34H35ClN4O6. The summed E-state index contributed by atoms with van der Waals surface area (Å²) < 4.78 is 10.8. The lowest BCUT2D eigenvalue weighted by molar-refractivity contribution is -0.141. The maximum atomic E-state index is 14.4. The summed E-state index contributed by atoms with van der Waals surface area (Å²) in [5.41, 5.74) is 3.90. The number of hydrogen-bond donors (Lipinski definition) is 2. The Kier molecular flexibility index (Phi) is 8.76. The van der Waals surface area contributed by atoms with Gasteiger partial charge < -0.3 is 19.7 Å². The average molecular weight is 631 g/mol. The Morgan fingerprint density at radius 2 is 1.91 bits per heavy atom. The van der Waals surface area contributed by atoms with Crippen molar-refractivity contribution in [1.29, 1.82) is 0 Å². The topological polar surface area (TPSA) is 127 Å². The van der Waals surface area contributed by atoms with Crippen LogP contribution in [0.5, 0.6) is 0 Å². The van der Waals surface area contributed by atoms with E-state index >= 15 is 0 Å². The Bertz CT molecular complexity index is 1660. The number of hydrogen-bond acceptors (Lipinski definition) is 7. The number of anilines is 2. The van der Waals surface area contributed by atoms with Crippen molar-refractivity contribution in [2.24, 2.45) is 0 Å². The Hall–Kier alpha value is -4.44. The zero-order chi connectivity index (χ0) is 31.6. The fourth-order valence-corrected chi connectivity index (χ4v) is 6.80. The van der Waals surface area contributed by atoms with E-state index in [1.54, 1.807) is 35.4 Å². The summed E-state index contributed by atoms with van der Waals surface area (Å²) in [6.45, 7) is 0.745. The number of piperidine rings is 1. The molecule has 11 heteroatoms. The number of benzene rings is 2. The van der Waals surface area contributed by atoms with Crippen molar-refractivity contribution in [3.63, 3.8) is 0 Å². The molecule has 3 amide bonds. The molecule has 2 aromatic carbocycles. The number of carbonyl (C=O) groups is 4. The molecule has 1 saturated heterocycles. The van der Waals surface area contributed by atoms with Crippen LogP contribution in [0, 0.1) is 0 Å². The van der Waals surface area contributed by atoms with Gasteiger partial charge in [0.15, 0.2) is 5.60 Å². The first-order valence-corrected chi connectivity index (χ1v) is 15.7. The number of aromatic nitrogens is 1. The number of rotatable bonds is 3. The van der Waals surface area contributed by atoms with Crippen LogP contribution in [0.4, 0.5) is 16.2 Å². The largest absolute Gasteiger partial charge is 0.469 e. The van der Waals surface area contributed by atoms with Crippen molar-refractivity contribution in [2.75, 3.05) is 30.8 Å². The number of ether oxygens (including phenoxy) is 2. The van der Waals surface area contributed by atoms with Gasteiger partial charge in [-0.1, -0.05) is 36.6 Å². The molecule has 2 N–H and O–H groups in total. The first-order chi connectivity index (χ1) is 21.7. The number of halogens is 1. The molecular weight excluding hydrogens is 596 g/mol. The number of carbonyl (C=O) groups excluding carboxylic acids is 4. The van der Waals surface area contributed by atoms with Gasteiger partial charge in [0.2, 0.25) is 11.8 Å². The van der Waals surface area contributed by atoms with Crippen LogP contribution in [-0.4, -0.2) is 54.0 Å². The summed E-state index contributed by atoms with van der Waals surface area (Å²) in [7, 11) is 1.34. The van der Waals surface area contributed by atoms with Crippen molar-refractivity contribution in [3.05, 3.63) is 76.6 Å². The normalized spacial score (nSPS) is 21.5. The second-order valence-corrected chi connectivity index (χ2v) is 12.3. The molecule has 1 aromatic heterocycles. The van der Waals surface area contributed by atoms with Crippen molar-refractivity contribution in [1.82, 2.24) is 9.88 Å². The highest BCUT2D eigenvalue weighted by Gasteiger charge is 2.47. The predicted octanol–water partition coefficient (Wildman–Crippen LogP) is 6.18. The molecule has 1 fully saturated rings. The maximum absolute atomic E-state index is 14.4. The third kappa shape index (κ3) is 6.51. The quantitative estimate of drug-likeness (QED) is 0.331. The molecule has 2 bridgehead atoms. The van der Waals surface area contributed by atoms with Crippen LogP contribution >= 0.6 is 11.6 Å². The van der Waals surface area contributed by atoms with Gasteiger partial charge in [-0.25, -0.2) is 4.79 Å². The minimum Gasteiger partial charge on any atom is -0.469 e. The third-order valence-electron chi connectivity index (χ3n) is 8.84. The minimum atomic E-state index is -0.998. The van der Waals surface area contributed by atoms with Crippen LogP contribution in [0.1, 0.15) is 67.7 Å². The van der Waals surface area contributed by atoms with Gasteiger partial charge in [0.05, 0.1) is 37.4 Å². The fraction of sp³-hybridized carbons (Fsp3) is 0.382. The van der Waals surface area contributed by atoms with E-state index < -0.39 is 17.6 Å². The summed E-state index contributed by atoms with van der Waals surface area (Å²) >= 11 is 6.35. The summed E-state index contributed by atoms with van der Waals surface area (Å²) in [5.74, 6) is -1.08. The van der Waals surface area contributed by atoms with E-state index in [1.165, 1.54) is 7.11 Å². The van der Waals surface area contributed by atoms with E-state index in [0.29, 0.717) is 66.3 Å². The first kappa shape index (κ1) is 30.6. The molecule has 3 aliphatic rings. The maximum Gasteiger partial charge on any atom is 0.412 e. The van der Waals surface area contributed by atoms with E-state index in [4.69, 9.17) is 21.1 Å². The van der Waals surface area contributed by atoms with Gasteiger partial charge in [-0.2, -0.15) is 0 Å². The highest BCUT2D eigenvalue weighted by molar-refractivity contribution is 6.30. The number of amides is 3. The molecule has 0 saturated carbocycles. The molecule has 3 aliphatic heterocycles. The number of methoxy groups -OCH3 is 1. The van der Waals surface area contributed by atoms with E-state index in [9.17, 15) is 19.2 Å². The van der Waals surface area contributed by atoms with Crippen molar-refractivity contribution in [2.45, 2.75) is 62.9 Å². The lowest BCUT2D eigenvalue weighted by atomic mass is 9.82. The average Bonchev–Trinajstić information content (AvgIpc) is 3.03. The number of likely N-dealkylation sites (tertiary alicyclic amines) is 1. The number of pyridine rings is 1. The van der Waals surface area contributed by atoms with Gasteiger partial charge in [-0.3, -0.25) is 24.7 Å². The summed E-state index contributed by atoms with van der Waals surface area (Å²) in [6, 6.07) is 14.5. The second-order valence-electron chi connectivity index (χ2n) is 11.9. The number of nitrogens with one attached hydrogen (secondary N) is 2. The van der Waals surface area contributed by atoms with Crippen LogP contribution in [-0.2, 0) is 35.9 Å². The Labute approximate surface area is 266 Å². The number of fused-ring (bicyclic) bond motifs is 6. The molecule has 0 radical (unpaired) electrons. The van der Waals surface area contributed by atoms with E-state index in [2.05, 4.69) is 15.6 Å². The van der Waals surface area contributed by atoms with Gasteiger partial charge in [-0.05, 0) is 73.2 Å². The van der Waals surface area contributed by atoms with Crippen molar-refractivity contribution < 1.29 is 28.7 Å². The van der Waals surface area contributed by atoms with Gasteiger partial charge in [0, 0.05) is 41.0 Å². The lowest BCUT2D eigenvalue weighted by Gasteiger charge is -2.45. The molecule has 1 spiro atoms. The molecule has 6 rings (SSSR count). The summed E-state index contributed by atoms with van der Waals surface area (Å²) in [6.07, 6.45) is 5.52. The van der Waals surface area contributed by atoms with Crippen LogP contribution in [0.25, 0.3) is 11.1 Å². The van der Waals surface area contributed by atoms with Crippen LogP contribution in [0.2, 0.25) is 5.02 Å².